The van der Waals surface area contributed by atoms with Crippen LogP contribution in [0.4, 0.5) is 0 Å². The van der Waals surface area contributed by atoms with E-state index in [2.05, 4.69) is 20.7 Å². The normalized spacial score (nSPS) is 11.2. The summed E-state index contributed by atoms with van der Waals surface area (Å²) >= 11 is 0. The third kappa shape index (κ3) is 5.29. The van der Waals surface area contributed by atoms with Crippen LogP contribution < -0.4 is 24.8 Å². The van der Waals surface area contributed by atoms with E-state index in [9.17, 15) is 0 Å². The van der Waals surface area contributed by atoms with E-state index in [0.29, 0.717) is 30.3 Å². The summed E-state index contributed by atoms with van der Waals surface area (Å²) < 4.78 is 18.1. The zero-order chi connectivity index (χ0) is 19.6. The lowest BCUT2D eigenvalue weighted by Crippen LogP contribution is -2.38. The van der Waals surface area contributed by atoms with Crippen molar-refractivity contribution in [3.05, 3.63) is 35.7 Å². The van der Waals surface area contributed by atoms with Crippen molar-refractivity contribution in [3.8, 4) is 17.2 Å². The number of hydrogen-bond acceptors (Lipinski definition) is 5. The summed E-state index contributed by atoms with van der Waals surface area (Å²) in [5.74, 6) is 2.71. The Labute approximate surface area is 160 Å². The van der Waals surface area contributed by atoms with Crippen LogP contribution in [-0.2, 0) is 20.0 Å². The Kier molecular flexibility index (Phi) is 7.79. The lowest BCUT2D eigenvalue weighted by atomic mass is 10.1. The largest absolute Gasteiger partial charge is 0.493 e. The second-order valence-corrected chi connectivity index (χ2v) is 5.81. The molecule has 8 nitrogen and oxygen atoms in total. The van der Waals surface area contributed by atoms with E-state index in [0.717, 1.165) is 30.2 Å². The maximum absolute atomic E-state index is 5.54. The highest BCUT2D eigenvalue weighted by Gasteiger charge is 2.15. The van der Waals surface area contributed by atoms with Gasteiger partial charge < -0.3 is 24.8 Å². The molecule has 0 fully saturated rings. The topological polar surface area (TPSA) is 81.9 Å². The average Bonchev–Trinajstić information content (AvgIpc) is 3.10. The second-order valence-electron chi connectivity index (χ2n) is 5.81. The number of nitrogens with one attached hydrogen (secondary N) is 2. The number of aliphatic imine (C=N–C) groups is 1. The van der Waals surface area contributed by atoms with Crippen LogP contribution in [0.1, 0.15) is 18.2 Å². The molecule has 0 saturated heterocycles. The highest BCUT2D eigenvalue weighted by molar-refractivity contribution is 5.79. The number of benzene rings is 1. The van der Waals surface area contributed by atoms with Gasteiger partial charge in [-0.2, -0.15) is 5.10 Å². The van der Waals surface area contributed by atoms with Crippen molar-refractivity contribution >= 4 is 5.96 Å². The van der Waals surface area contributed by atoms with Gasteiger partial charge in [0.25, 0.3) is 0 Å². The summed E-state index contributed by atoms with van der Waals surface area (Å²) in [4.78, 5) is 4.61. The van der Waals surface area contributed by atoms with E-state index in [1.54, 1.807) is 27.5 Å². The summed E-state index contributed by atoms with van der Waals surface area (Å²) in [6, 6.07) is 5.83. The van der Waals surface area contributed by atoms with Crippen LogP contribution in [0.5, 0.6) is 17.2 Å². The van der Waals surface area contributed by atoms with Crippen LogP contribution in [0.2, 0.25) is 0 Å². The maximum Gasteiger partial charge on any atom is 0.203 e. The standard InChI is InChI=1S/C19H29N5O3/c1-6-20-19(22-13-15-10-12-23-24(15)2)21-11-9-14-7-8-16(25-3)18(27-5)17(14)26-4/h7-8,10,12H,6,9,11,13H2,1-5H3,(H2,20,21,22). The van der Waals surface area contributed by atoms with Crippen LogP contribution in [-0.4, -0.2) is 50.2 Å². The third-order valence-electron chi connectivity index (χ3n) is 4.14. The van der Waals surface area contributed by atoms with Gasteiger partial charge >= 0.3 is 0 Å². The monoisotopic (exact) mass is 375 g/mol. The molecular weight excluding hydrogens is 346 g/mol. The fourth-order valence-electron chi connectivity index (χ4n) is 2.73. The minimum Gasteiger partial charge on any atom is -0.493 e. The van der Waals surface area contributed by atoms with Crippen molar-refractivity contribution in [1.82, 2.24) is 20.4 Å². The molecule has 0 aliphatic carbocycles. The van der Waals surface area contributed by atoms with Crippen LogP contribution in [0.3, 0.4) is 0 Å². The molecule has 0 atom stereocenters. The van der Waals surface area contributed by atoms with Crippen molar-refractivity contribution in [1.29, 1.82) is 0 Å². The molecule has 0 bridgehead atoms. The van der Waals surface area contributed by atoms with Crippen molar-refractivity contribution in [2.75, 3.05) is 34.4 Å². The van der Waals surface area contributed by atoms with Crippen LogP contribution in [0, 0.1) is 0 Å². The molecule has 1 aromatic heterocycles. The SMILES string of the molecule is CCNC(=NCc1ccnn1C)NCCc1ccc(OC)c(OC)c1OC. The van der Waals surface area contributed by atoms with Gasteiger partial charge in [0.05, 0.1) is 33.6 Å². The first-order valence-electron chi connectivity index (χ1n) is 8.91. The highest BCUT2D eigenvalue weighted by Crippen LogP contribution is 2.39. The zero-order valence-corrected chi connectivity index (χ0v) is 16.7. The van der Waals surface area contributed by atoms with E-state index in [4.69, 9.17) is 14.2 Å². The molecule has 27 heavy (non-hydrogen) atoms. The molecule has 1 heterocycles. The van der Waals surface area contributed by atoms with E-state index in [1.807, 2.05) is 36.9 Å². The maximum atomic E-state index is 5.54. The van der Waals surface area contributed by atoms with Gasteiger partial charge in [-0.15, -0.1) is 0 Å². The molecule has 2 rings (SSSR count). The van der Waals surface area contributed by atoms with E-state index >= 15 is 0 Å². The Bertz CT molecular complexity index is 758. The number of methoxy groups -OCH3 is 3. The summed E-state index contributed by atoms with van der Waals surface area (Å²) in [6.07, 6.45) is 2.52. The fourth-order valence-corrected chi connectivity index (χ4v) is 2.73. The number of hydrogen-bond donors (Lipinski definition) is 2. The van der Waals surface area contributed by atoms with Gasteiger partial charge in [-0.05, 0) is 25.5 Å². The van der Waals surface area contributed by atoms with Gasteiger partial charge in [0.15, 0.2) is 17.5 Å². The Morgan fingerprint density at radius 3 is 2.44 bits per heavy atom. The highest BCUT2D eigenvalue weighted by atomic mass is 16.5. The van der Waals surface area contributed by atoms with Crippen LogP contribution in [0.15, 0.2) is 29.4 Å². The molecule has 0 spiro atoms. The molecule has 0 saturated carbocycles. The molecule has 2 aromatic rings. The van der Waals surface area contributed by atoms with Crippen molar-refractivity contribution in [2.24, 2.45) is 12.0 Å². The average molecular weight is 375 g/mol. The van der Waals surface area contributed by atoms with Gasteiger partial charge in [-0.25, -0.2) is 4.99 Å². The Balaban J connectivity index is 2.03. The molecule has 8 heteroatoms. The molecule has 1 aromatic carbocycles. The Hall–Kier alpha value is -2.90. The van der Waals surface area contributed by atoms with E-state index < -0.39 is 0 Å². The molecule has 0 amide bonds. The van der Waals surface area contributed by atoms with Gasteiger partial charge in [0, 0.05) is 31.9 Å². The predicted octanol–water partition coefficient (Wildman–Crippen LogP) is 1.74. The summed E-state index contributed by atoms with van der Waals surface area (Å²) in [5.41, 5.74) is 2.08. The zero-order valence-electron chi connectivity index (χ0n) is 16.7. The molecule has 148 valence electrons. The van der Waals surface area contributed by atoms with Crippen LogP contribution in [0.25, 0.3) is 0 Å². The second kappa shape index (κ2) is 10.3. The number of rotatable bonds is 9. The summed E-state index contributed by atoms with van der Waals surface area (Å²) in [5, 5.41) is 10.8. The number of guanidine groups is 1. The van der Waals surface area contributed by atoms with E-state index in [1.165, 1.54) is 0 Å². The molecular formula is C19H29N5O3. The third-order valence-corrected chi connectivity index (χ3v) is 4.14. The molecule has 0 aliphatic heterocycles. The fraction of sp³-hybridized carbons (Fsp3) is 0.474. The number of nitrogens with zero attached hydrogens (tertiary/aromatic N) is 3. The minimum absolute atomic E-state index is 0.561. The van der Waals surface area contributed by atoms with Gasteiger partial charge in [-0.3, -0.25) is 4.68 Å². The molecule has 2 N–H and O–H groups in total. The smallest absolute Gasteiger partial charge is 0.203 e. The lowest BCUT2D eigenvalue weighted by molar-refractivity contribution is 0.322. The lowest BCUT2D eigenvalue weighted by Gasteiger charge is -2.16. The van der Waals surface area contributed by atoms with Crippen molar-refractivity contribution in [2.45, 2.75) is 19.9 Å². The summed E-state index contributed by atoms with van der Waals surface area (Å²) in [7, 11) is 6.76. The van der Waals surface area contributed by atoms with Gasteiger partial charge in [0.1, 0.15) is 0 Å². The number of ether oxygens (including phenoxy) is 3. The van der Waals surface area contributed by atoms with E-state index in [-0.39, 0.29) is 0 Å². The van der Waals surface area contributed by atoms with Crippen LogP contribution >= 0.6 is 0 Å². The van der Waals surface area contributed by atoms with Crippen molar-refractivity contribution < 1.29 is 14.2 Å². The molecule has 0 unspecified atom stereocenters. The number of aromatic nitrogens is 2. The van der Waals surface area contributed by atoms with Gasteiger partial charge in [0.2, 0.25) is 5.75 Å². The quantitative estimate of drug-likeness (QED) is 0.513. The molecule has 0 radical (unpaired) electrons. The molecule has 0 aliphatic rings. The Morgan fingerprint density at radius 2 is 1.85 bits per heavy atom. The predicted molar refractivity (Wildman–Crippen MR) is 106 cm³/mol. The Morgan fingerprint density at radius 1 is 1.07 bits per heavy atom. The van der Waals surface area contributed by atoms with Crippen molar-refractivity contribution in [3.63, 3.8) is 0 Å². The minimum atomic E-state index is 0.561. The number of aryl methyl sites for hydroxylation is 1. The van der Waals surface area contributed by atoms with Gasteiger partial charge in [-0.1, -0.05) is 6.07 Å². The first-order chi connectivity index (χ1) is 13.1. The first kappa shape index (κ1) is 20.4. The summed E-state index contributed by atoms with van der Waals surface area (Å²) in [6.45, 7) is 4.09. The first-order valence-corrected chi connectivity index (χ1v) is 8.91.